The maximum Gasteiger partial charge on any atom is 0.119 e. The fourth-order valence-electron chi connectivity index (χ4n) is 2.29. The van der Waals surface area contributed by atoms with Crippen molar-refractivity contribution in [1.29, 1.82) is 0 Å². The zero-order valence-corrected chi connectivity index (χ0v) is 10.3. The van der Waals surface area contributed by atoms with Crippen LogP contribution < -0.4 is 10.5 Å². The van der Waals surface area contributed by atoms with E-state index in [-0.39, 0.29) is 0 Å². The van der Waals surface area contributed by atoms with Crippen LogP contribution >= 0.6 is 0 Å². The maximum absolute atomic E-state index is 5.95. The van der Waals surface area contributed by atoms with Crippen molar-refractivity contribution in [2.45, 2.75) is 25.3 Å². The minimum absolute atomic E-state index is 0.374. The fourth-order valence-corrected chi connectivity index (χ4v) is 2.29. The third-order valence-electron chi connectivity index (χ3n) is 3.17. The van der Waals surface area contributed by atoms with Crippen LogP contribution in [0.4, 0.5) is 0 Å². The summed E-state index contributed by atoms with van der Waals surface area (Å²) in [6.07, 6.45) is 3.49. The molecule has 0 radical (unpaired) electrons. The molecule has 0 amide bonds. The van der Waals surface area contributed by atoms with Crippen LogP contribution in [0.3, 0.4) is 0 Å². The summed E-state index contributed by atoms with van der Waals surface area (Å²) in [4.78, 5) is 2.45. The van der Waals surface area contributed by atoms with E-state index in [0.29, 0.717) is 6.04 Å². The Morgan fingerprint density at radius 1 is 1.29 bits per heavy atom. The molecule has 1 aliphatic heterocycles. The molecule has 0 aliphatic carbocycles. The van der Waals surface area contributed by atoms with Gasteiger partial charge >= 0.3 is 0 Å². The first kappa shape index (κ1) is 12.4. The van der Waals surface area contributed by atoms with Gasteiger partial charge < -0.3 is 15.4 Å². The second kappa shape index (κ2) is 6.62. The Morgan fingerprint density at radius 3 is 2.88 bits per heavy atom. The molecule has 0 saturated carbocycles. The molecule has 0 aromatic heterocycles. The van der Waals surface area contributed by atoms with Crippen molar-refractivity contribution in [1.82, 2.24) is 4.90 Å². The number of nitrogens with zero attached hydrogens (tertiary/aromatic N) is 1. The van der Waals surface area contributed by atoms with Gasteiger partial charge in [0.1, 0.15) is 5.75 Å². The predicted molar refractivity (Wildman–Crippen MR) is 70.2 cm³/mol. The van der Waals surface area contributed by atoms with Crippen molar-refractivity contribution >= 4 is 0 Å². The lowest BCUT2D eigenvalue weighted by molar-refractivity contribution is 0.190. The lowest BCUT2D eigenvalue weighted by Crippen LogP contribution is -2.43. The molecule has 0 bridgehead atoms. The Bertz CT molecular complexity index is 315. The van der Waals surface area contributed by atoms with Gasteiger partial charge in [0.15, 0.2) is 0 Å². The molecule has 17 heavy (non-hydrogen) atoms. The summed E-state index contributed by atoms with van der Waals surface area (Å²) in [5.74, 6) is 0.961. The highest BCUT2D eigenvalue weighted by Crippen LogP contribution is 2.10. The quantitative estimate of drug-likeness (QED) is 0.791. The minimum Gasteiger partial charge on any atom is -0.494 e. The number of rotatable bonds is 5. The van der Waals surface area contributed by atoms with Crippen LogP contribution in [-0.2, 0) is 0 Å². The van der Waals surface area contributed by atoms with E-state index in [1.54, 1.807) is 0 Å². The molecule has 3 heteroatoms. The number of para-hydroxylation sites is 1. The summed E-state index contributed by atoms with van der Waals surface area (Å²) in [5, 5.41) is 0. The average Bonchev–Trinajstić information content (AvgIpc) is 2.36. The van der Waals surface area contributed by atoms with Crippen LogP contribution in [0.15, 0.2) is 30.3 Å². The van der Waals surface area contributed by atoms with Crippen molar-refractivity contribution in [3.05, 3.63) is 30.3 Å². The zero-order chi connectivity index (χ0) is 11.9. The highest BCUT2D eigenvalue weighted by molar-refractivity contribution is 5.20. The standard InChI is InChI=1S/C14H22N2O/c15-13-6-4-9-16(12-13)10-5-11-17-14-7-2-1-3-8-14/h1-3,7-8,13H,4-6,9-12,15H2/t13-/m1/s1. The summed E-state index contributed by atoms with van der Waals surface area (Å²) < 4.78 is 5.67. The molecule has 94 valence electrons. The highest BCUT2D eigenvalue weighted by Gasteiger charge is 2.15. The van der Waals surface area contributed by atoms with Gasteiger partial charge in [-0.25, -0.2) is 0 Å². The second-order valence-electron chi connectivity index (χ2n) is 4.72. The summed E-state index contributed by atoms with van der Waals surface area (Å²) >= 11 is 0. The van der Waals surface area contributed by atoms with Gasteiger partial charge in [-0.3, -0.25) is 0 Å². The van der Waals surface area contributed by atoms with Gasteiger partial charge in [0.2, 0.25) is 0 Å². The third kappa shape index (κ3) is 4.36. The Kier molecular flexibility index (Phi) is 4.83. The maximum atomic E-state index is 5.95. The van der Waals surface area contributed by atoms with E-state index >= 15 is 0 Å². The van der Waals surface area contributed by atoms with Crippen LogP contribution in [0.5, 0.6) is 5.75 Å². The molecule has 0 unspecified atom stereocenters. The van der Waals surface area contributed by atoms with Crippen LogP contribution in [-0.4, -0.2) is 37.2 Å². The molecule has 1 saturated heterocycles. The van der Waals surface area contributed by atoms with Gasteiger partial charge in [-0.2, -0.15) is 0 Å². The van der Waals surface area contributed by atoms with Crippen molar-refractivity contribution < 1.29 is 4.74 Å². The van der Waals surface area contributed by atoms with E-state index < -0.39 is 0 Å². The van der Waals surface area contributed by atoms with E-state index in [0.717, 1.165) is 31.9 Å². The number of ether oxygens (including phenoxy) is 1. The van der Waals surface area contributed by atoms with Crippen molar-refractivity contribution in [2.24, 2.45) is 5.73 Å². The van der Waals surface area contributed by atoms with Gasteiger partial charge in [0.25, 0.3) is 0 Å². The van der Waals surface area contributed by atoms with E-state index in [9.17, 15) is 0 Å². The number of likely N-dealkylation sites (tertiary alicyclic amines) is 1. The second-order valence-corrected chi connectivity index (χ2v) is 4.72. The number of benzene rings is 1. The molecular weight excluding hydrogens is 212 g/mol. The lowest BCUT2D eigenvalue weighted by Gasteiger charge is -2.30. The average molecular weight is 234 g/mol. The van der Waals surface area contributed by atoms with Gasteiger partial charge in [-0.05, 0) is 37.9 Å². The number of hydrogen-bond acceptors (Lipinski definition) is 3. The first-order chi connectivity index (χ1) is 8.34. The van der Waals surface area contributed by atoms with Crippen LogP contribution in [0.1, 0.15) is 19.3 Å². The monoisotopic (exact) mass is 234 g/mol. The first-order valence-electron chi connectivity index (χ1n) is 6.50. The largest absolute Gasteiger partial charge is 0.494 e. The molecule has 1 atom stereocenters. The van der Waals surface area contributed by atoms with Crippen molar-refractivity contribution in [3.63, 3.8) is 0 Å². The summed E-state index contributed by atoms with van der Waals surface area (Å²) in [6.45, 7) is 4.13. The Hall–Kier alpha value is -1.06. The van der Waals surface area contributed by atoms with E-state index in [4.69, 9.17) is 10.5 Å². The Labute approximate surface area is 104 Å². The molecule has 1 aliphatic rings. The van der Waals surface area contributed by atoms with E-state index in [1.165, 1.54) is 19.4 Å². The third-order valence-corrected chi connectivity index (χ3v) is 3.17. The van der Waals surface area contributed by atoms with Gasteiger partial charge in [0.05, 0.1) is 6.61 Å². The molecule has 1 fully saturated rings. The number of hydrogen-bond donors (Lipinski definition) is 1. The molecule has 1 aromatic carbocycles. The van der Waals surface area contributed by atoms with E-state index in [1.807, 2.05) is 30.3 Å². The lowest BCUT2D eigenvalue weighted by atomic mass is 10.1. The molecule has 1 aromatic rings. The van der Waals surface area contributed by atoms with E-state index in [2.05, 4.69) is 4.90 Å². The molecule has 2 N–H and O–H groups in total. The van der Waals surface area contributed by atoms with Gasteiger partial charge in [-0.1, -0.05) is 18.2 Å². The molecular formula is C14H22N2O. The zero-order valence-electron chi connectivity index (χ0n) is 10.3. The fraction of sp³-hybridized carbons (Fsp3) is 0.571. The van der Waals surface area contributed by atoms with Crippen molar-refractivity contribution in [2.75, 3.05) is 26.2 Å². The van der Waals surface area contributed by atoms with Crippen LogP contribution in [0, 0.1) is 0 Å². The molecule has 3 nitrogen and oxygen atoms in total. The summed E-state index contributed by atoms with van der Waals surface area (Å²) in [6, 6.07) is 10.4. The minimum atomic E-state index is 0.374. The molecule has 0 spiro atoms. The van der Waals surface area contributed by atoms with Crippen LogP contribution in [0.25, 0.3) is 0 Å². The molecule has 2 rings (SSSR count). The first-order valence-corrected chi connectivity index (χ1v) is 6.50. The number of nitrogens with two attached hydrogens (primary N) is 1. The Morgan fingerprint density at radius 2 is 2.12 bits per heavy atom. The Balaban J connectivity index is 1.60. The highest BCUT2D eigenvalue weighted by atomic mass is 16.5. The SMILES string of the molecule is N[C@@H]1CCCN(CCCOc2ccccc2)C1. The summed E-state index contributed by atoms with van der Waals surface area (Å²) in [5.41, 5.74) is 5.95. The smallest absolute Gasteiger partial charge is 0.119 e. The predicted octanol–water partition coefficient (Wildman–Crippen LogP) is 1.88. The van der Waals surface area contributed by atoms with Crippen molar-refractivity contribution in [3.8, 4) is 5.75 Å². The summed E-state index contributed by atoms with van der Waals surface area (Å²) in [7, 11) is 0. The number of piperidine rings is 1. The van der Waals surface area contributed by atoms with Crippen LogP contribution in [0.2, 0.25) is 0 Å². The van der Waals surface area contributed by atoms with Gasteiger partial charge in [-0.15, -0.1) is 0 Å². The molecule has 1 heterocycles. The topological polar surface area (TPSA) is 38.5 Å². The van der Waals surface area contributed by atoms with Gasteiger partial charge in [0, 0.05) is 19.1 Å². The normalized spacial score (nSPS) is 21.4.